The molecule has 16 heavy (non-hydrogen) atoms. The van der Waals surface area contributed by atoms with Crippen molar-refractivity contribution < 1.29 is 5.11 Å². The summed E-state index contributed by atoms with van der Waals surface area (Å²) in [6.07, 6.45) is 5.25. The fourth-order valence-electron chi connectivity index (χ4n) is 3.48. The van der Waals surface area contributed by atoms with Crippen LogP contribution in [0.15, 0.2) is 0 Å². The topological polar surface area (TPSA) is 26.7 Å². The predicted molar refractivity (Wildman–Crippen MR) is 66.5 cm³/mol. The van der Waals surface area contributed by atoms with Crippen molar-refractivity contribution in [3.63, 3.8) is 0 Å². The van der Waals surface area contributed by atoms with E-state index in [2.05, 4.69) is 16.8 Å². The van der Waals surface area contributed by atoms with Crippen molar-refractivity contribution in [3.05, 3.63) is 0 Å². The molecule has 0 aromatic rings. The standard InChI is InChI=1S/C13H26N2O/c1-11(16)9-15-8-3-5-12(10-15)13-6-4-7-14(13)2/h11-13,16H,3-10H2,1-2H3/t11-,12-,13+/m0/s1. The predicted octanol–water partition coefficient (Wildman–Crippen LogP) is 1.17. The average molecular weight is 226 g/mol. The van der Waals surface area contributed by atoms with Crippen LogP contribution in [0.3, 0.4) is 0 Å². The summed E-state index contributed by atoms with van der Waals surface area (Å²) in [5.74, 6) is 0.833. The van der Waals surface area contributed by atoms with Crippen LogP contribution in [-0.4, -0.2) is 60.3 Å². The molecule has 3 nitrogen and oxygen atoms in total. The van der Waals surface area contributed by atoms with Crippen molar-refractivity contribution >= 4 is 0 Å². The first-order valence-corrected chi connectivity index (χ1v) is 6.77. The van der Waals surface area contributed by atoms with Crippen molar-refractivity contribution in [1.29, 1.82) is 0 Å². The van der Waals surface area contributed by atoms with Crippen molar-refractivity contribution in [2.24, 2.45) is 5.92 Å². The van der Waals surface area contributed by atoms with E-state index in [1.54, 1.807) is 0 Å². The Balaban J connectivity index is 1.86. The minimum Gasteiger partial charge on any atom is -0.392 e. The lowest BCUT2D eigenvalue weighted by Gasteiger charge is -2.38. The van der Waals surface area contributed by atoms with Gasteiger partial charge in [-0.2, -0.15) is 0 Å². The highest BCUT2D eigenvalue weighted by molar-refractivity contribution is 4.87. The molecule has 0 radical (unpaired) electrons. The summed E-state index contributed by atoms with van der Waals surface area (Å²) < 4.78 is 0. The fraction of sp³-hybridized carbons (Fsp3) is 1.00. The third-order valence-corrected chi connectivity index (χ3v) is 4.19. The summed E-state index contributed by atoms with van der Waals surface area (Å²) in [7, 11) is 2.27. The largest absolute Gasteiger partial charge is 0.392 e. The quantitative estimate of drug-likeness (QED) is 0.782. The Morgan fingerprint density at radius 3 is 2.62 bits per heavy atom. The fourth-order valence-corrected chi connectivity index (χ4v) is 3.48. The normalized spacial score (nSPS) is 35.4. The van der Waals surface area contributed by atoms with E-state index in [4.69, 9.17) is 0 Å². The van der Waals surface area contributed by atoms with E-state index in [9.17, 15) is 5.11 Å². The first kappa shape index (κ1) is 12.3. The number of rotatable bonds is 3. The molecule has 94 valence electrons. The van der Waals surface area contributed by atoms with Crippen LogP contribution >= 0.6 is 0 Å². The van der Waals surface area contributed by atoms with E-state index in [1.807, 2.05) is 6.92 Å². The Morgan fingerprint density at radius 2 is 2.00 bits per heavy atom. The summed E-state index contributed by atoms with van der Waals surface area (Å²) in [4.78, 5) is 4.99. The molecule has 0 amide bonds. The molecule has 2 aliphatic rings. The average Bonchev–Trinajstić information content (AvgIpc) is 2.64. The van der Waals surface area contributed by atoms with Crippen LogP contribution in [0.1, 0.15) is 32.6 Å². The molecule has 2 aliphatic heterocycles. The molecule has 0 unspecified atom stereocenters. The van der Waals surface area contributed by atoms with Crippen LogP contribution in [0.2, 0.25) is 0 Å². The van der Waals surface area contributed by atoms with E-state index in [0.29, 0.717) is 0 Å². The van der Waals surface area contributed by atoms with Gasteiger partial charge in [-0.15, -0.1) is 0 Å². The minimum absolute atomic E-state index is 0.181. The molecular formula is C13H26N2O. The van der Waals surface area contributed by atoms with Crippen molar-refractivity contribution in [3.8, 4) is 0 Å². The van der Waals surface area contributed by atoms with Gasteiger partial charge in [-0.3, -0.25) is 0 Å². The zero-order valence-electron chi connectivity index (χ0n) is 10.7. The number of hydrogen-bond acceptors (Lipinski definition) is 3. The molecule has 0 aromatic heterocycles. The minimum atomic E-state index is -0.181. The Kier molecular flexibility index (Phi) is 4.22. The Labute approximate surface area is 99.4 Å². The molecule has 0 aliphatic carbocycles. The highest BCUT2D eigenvalue weighted by Crippen LogP contribution is 2.29. The molecule has 0 aromatic carbocycles. The zero-order chi connectivity index (χ0) is 11.5. The molecule has 1 N–H and O–H groups in total. The highest BCUT2D eigenvalue weighted by atomic mass is 16.3. The van der Waals surface area contributed by atoms with Crippen LogP contribution in [-0.2, 0) is 0 Å². The van der Waals surface area contributed by atoms with Crippen LogP contribution < -0.4 is 0 Å². The molecule has 0 spiro atoms. The third kappa shape index (κ3) is 2.96. The van der Waals surface area contributed by atoms with Crippen LogP contribution in [0.25, 0.3) is 0 Å². The molecule has 2 rings (SSSR count). The molecule has 2 heterocycles. The smallest absolute Gasteiger partial charge is 0.0639 e. The Bertz CT molecular complexity index is 220. The lowest BCUT2D eigenvalue weighted by atomic mass is 9.89. The van der Waals surface area contributed by atoms with E-state index >= 15 is 0 Å². The molecule has 0 bridgehead atoms. The van der Waals surface area contributed by atoms with Gasteiger partial charge in [0.2, 0.25) is 0 Å². The Morgan fingerprint density at radius 1 is 1.25 bits per heavy atom. The summed E-state index contributed by atoms with van der Waals surface area (Å²) in [5, 5.41) is 9.46. The SMILES string of the molecule is C[C@H](O)CN1CCC[C@H]([C@H]2CCCN2C)C1. The maximum Gasteiger partial charge on any atom is 0.0639 e. The van der Waals surface area contributed by atoms with E-state index in [0.717, 1.165) is 18.5 Å². The number of aliphatic hydroxyl groups excluding tert-OH is 1. The lowest BCUT2D eigenvalue weighted by Crippen LogP contribution is -2.45. The van der Waals surface area contributed by atoms with Crippen molar-refractivity contribution in [1.82, 2.24) is 9.80 Å². The molecule has 2 fully saturated rings. The van der Waals surface area contributed by atoms with Gasteiger partial charge in [-0.25, -0.2) is 0 Å². The van der Waals surface area contributed by atoms with Gasteiger partial charge in [0.05, 0.1) is 6.10 Å². The van der Waals surface area contributed by atoms with Gasteiger partial charge in [-0.1, -0.05) is 0 Å². The molecular weight excluding hydrogens is 200 g/mol. The highest BCUT2D eigenvalue weighted by Gasteiger charge is 2.32. The number of hydrogen-bond donors (Lipinski definition) is 1. The van der Waals surface area contributed by atoms with Gasteiger partial charge < -0.3 is 14.9 Å². The van der Waals surface area contributed by atoms with Gasteiger partial charge in [0.1, 0.15) is 0 Å². The maximum atomic E-state index is 9.46. The maximum absolute atomic E-state index is 9.46. The second-order valence-electron chi connectivity index (χ2n) is 5.70. The summed E-state index contributed by atoms with van der Waals surface area (Å²) in [6.45, 7) is 6.40. The zero-order valence-corrected chi connectivity index (χ0v) is 10.7. The van der Waals surface area contributed by atoms with Gasteiger partial charge in [-0.05, 0) is 58.7 Å². The molecule has 3 atom stereocenters. The van der Waals surface area contributed by atoms with Crippen molar-refractivity contribution in [2.75, 3.05) is 33.2 Å². The monoisotopic (exact) mass is 226 g/mol. The van der Waals surface area contributed by atoms with Crippen LogP contribution in [0, 0.1) is 5.92 Å². The van der Waals surface area contributed by atoms with E-state index in [-0.39, 0.29) is 6.10 Å². The van der Waals surface area contributed by atoms with E-state index < -0.39 is 0 Å². The van der Waals surface area contributed by atoms with E-state index in [1.165, 1.54) is 45.3 Å². The second kappa shape index (κ2) is 5.48. The van der Waals surface area contributed by atoms with Gasteiger partial charge in [0.15, 0.2) is 0 Å². The third-order valence-electron chi connectivity index (χ3n) is 4.19. The Hall–Kier alpha value is -0.120. The van der Waals surface area contributed by atoms with Gasteiger partial charge in [0, 0.05) is 19.1 Å². The van der Waals surface area contributed by atoms with Crippen LogP contribution in [0.5, 0.6) is 0 Å². The number of nitrogens with zero attached hydrogens (tertiary/aromatic N) is 2. The van der Waals surface area contributed by atoms with Crippen LogP contribution in [0.4, 0.5) is 0 Å². The molecule has 3 heteroatoms. The number of aliphatic hydroxyl groups is 1. The molecule has 0 saturated carbocycles. The first-order chi connectivity index (χ1) is 7.66. The number of piperidine rings is 1. The lowest BCUT2D eigenvalue weighted by molar-refractivity contribution is 0.0713. The summed E-state index contributed by atoms with van der Waals surface area (Å²) in [6, 6.07) is 0.803. The van der Waals surface area contributed by atoms with Gasteiger partial charge in [0.25, 0.3) is 0 Å². The summed E-state index contributed by atoms with van der Waals surface area (Å²) >= 11 is 0. The summed E-state index contributed by atoms with van der Waals surface area (Å²) in [5.41, 5.74) is 0. The number of β-amino-alcohol motifs (C(OH)–C–C–N with tert-alkyl or cyclic N) is 1. The molecule has 2 saturated heterocycles. The van der Waals surface area contributed by atoms with Crippen molar-refractivity contribution in [2.45, 2.75) is 44.8 Å². The number of likely N-dealkylation sites (tertiary alicyclic amines) is 2. The van der Waals surface area contributed by atoms with Gasteiger partial charge >= 0.3 is 0 Å². The second-order valence-corrected chi connectivity index (χ2v) is 5.70. The first-order valence-electron chi connectivity index (χ1n) is 6.77.